The first kappa shape index (κ1) is 13.4. The lowest BCUT2D eigenvalue weighted by atomic mass is 9.90. The summed E-state index contributed by atoms with van der Waals surface area (Å²) in [5.74, 6) is 0.695. The van der Waals surface area contributed by atoms with Crippen LogP contribution in [0.2, 0.25) is 0 Å². The molecule has 0 spiro atoms. The molecule has 3 rings (SSSR count). The van der Waals surface area contributed by atoms with E-state index in [1.807, 2.05) is 42.5 Å². The van der Waals surface area contributed by atoms with Crippen molar-refractivity contribution in [1.29, 1.82) is 0 Å². The summed E-state index contributed by atoms with van der Waals surface area (Å²) in [6.45, 7) is 4.26. The number of rotatable bonds is 2. The van der Waals surface area contributed by atoms with Crippen molar-refractivity contribution in [2.75, 3.05) is 0 Å². The first-order valence-corrected chi connectivity index (χ1v) is 7.55. The average Bonchev–Trinajstić information content (AvgIpc) is 2.48. The van der Waals surface area contributed by atoms with Gasteiger partial charge in [0.2, 0.25) is 5.90 Å². The number of ether oxygens (including phenoxy) is 1. The van der Waals surface area contributed by atoms with Crippen molar-refractivity contribution in [3.8, 4) is 0 Å². The van der Waals surface area contributed by atoms with E-state index in [9.17, 15) is 0 Å². The van der Waals surface area contributed by atoms with E-state index in [1.165, 1.54) is 0 Å². The van der Waals surface area contributed by atoms with Crippen LogP contribution in [0.4, 0.5) is 5.69 Å². The maximum atomic E-state index is 6.21. The predicted molar refractivity (Wildman–Crippen MR) is 85.5 cm³/mol. The van der Waals surface area contributed by atoms with E-state index in [0.717, 1.165) is 27.7 Å². The second kappa shape index (κ2) is 5.06. The summed E-state index contributed by atoms with van der Waals surface area (Å²) in [5, 5.41) is 0. The summed E-state index contributed by atoms with van der Waals surface area (Å²) in [5.41, 5.74) is 2.84. The van der Waals surface area contributed by atoms with E-state index >= 15 is 0 Å². The Bertz CT molecular complexity index is 663. The van der Waals surface area contributed by atoms with Gasteiger partial charge in [0, 0.05) is 15.6 Å². The van der Waals surface area contributed by atoms with Crippen molar-refractivity contribution in [3.05, 3.63) is 64.1 Å². The normalized spacial score (nSPS) is 20.9. The Morgan fingerprint density at radius 3 is 2.50 bits per heavy atom. The Morgan fingerprint density at radius 1 is 1.10 bits per heavy atom. The maximum Gasteiger partial charge on any atom is 0.222 e. The average molecular weight is 330 g/mol. The van der Waals surface area contributed by atoms with E-state index in [1.54, 1.807) is 0 Å². The summed E-state index contributed by atoms with van der Waals surface area (Å²) in [6.07, 6.45) is 0.902. The fourth-order valence-electron chi connectivity index (χ4n) is 2.40. The largest absolute Gasteiger partial charge is 0.466 e. The highest BCUT2D eigenvalue weighted by Crippen LogP contribution is 2.40. The van der Waals surface area contributed by atoms with Crippen LogP contribution in [0.15, 0.2) is 58.0 Å². The predicted octanol–water partition coefficient (Wildman–Crippen LogP) is 5.18. The molecule has 1 aliphatic rings. The standard InChI is InChI=1S/C17H16BrNO/c1-3-17(2)14-6-4-5-7-15(14)19-16(20-17)12-8-10-13(18)11-9-12/h4-11H,3H2,1-2H3/t17-/m1/s1. The monoisotopic (exact) mass is 329 g/mol. The van der Waals surface area contributed by atoms with E-state index in [0.29, 0.717) is 5.90 Å². The lowest BCUT2D eigenvalue weighted by molar-refractivity contribution is 0.0660. The quantitative estimate of drug-likeness (QED) is 0.743. The molecule has 3 heteroatoms. The Labute approximate surface area is 127 Å². The van der Waals surface area contributed by atoms with Crippen LogP contribution >= 0.6 is 15.9 Å². The molecule has 1 atom stereocenters. The van der Waals surface area contributed by atoms with Crippen LogP contribution in [0.5, 0.6) is 0 Å². The van der Waals surface area contributed by atoms with E-state index in [2.05, 4.69) is 40.8 Å². The first-order valence-electron chi connectivity index (χ1n) is 6.75. The molecule has 2 nitrogen and oxygen atoms in total. The van der Waals surface area contributed by atoms with Gasteiger partial charge in [-0.2, -0.15) is 0 Å². The Kier molecular flexibility index (Phi) is 3.38. The second-order valence-corrected chi connectivity index (χ2v) is 6.04. The molecule has 0 radical (unpaired) electrons. The molecule has 0 aliphatic carbocycles. The van der Waals surface area contributed by atoms with Gasteiger partial charge in [-0.1, -0.05) is 41.1 Å². The molecule has 1 aliphatic heterocycles. The zero-order chi connectivity index (χ0) is 14.2. The zero-order valence-electron chi connectivity index (χ0n) is 11.6. The first-order chi connectivity index (χ1) is 9.62. The summed E-state index contributed by atoms with van der Waals surface area (Å²) in [6, 6.07) is 16.3. The number of nitrogens with zero attached hydrogens (tertiary/aromatic N) is 1. The molecule has 2 aromatic carbocycles. The zero-order valence-corrected chi connectivity index (χ0v) is 13.1. The number of para-hydroxylation sites is 1. The van der Waals surface area contributed by atoms with Gasteiger partial charge in [-0.15, -0.1) is 0 Å². The van der Waals surface area contributed by atoms with Crippen LogP contribution in [0.25, 0.3) is 0 Å². The van der Waals surface area contributed by atoms with Gasteiger partial charge < -0.3 is 4.74 Å². The fraction of sp³-hybridized carbons (Fsp3) is 0.235. The lowest BCUT2D eigenvalue weighted by Gasteiger charge is -2.35. The Balaban J connectivity index is 2.11. The fourth-order valence-corrected chi connectivity index (χ4v) is 2.66. The second-order valence-electron chi connectivity index (χ2n) is 5.13. The van der Waals surface area contributed by atoms with Crippen molar-refractivity contribution in [2.24, 2.45) is 4.99 Å². The molecular weight excluding hydrogens is 314 g/mol. The lowest BCUT2D eigenvalue weighted by Crippen LogP contribution is -2.31. The third kappa shape index (κ3) is 2.27. The minimum Gasteiger partial charge on any atom is -0.466 e. The number of fused-ring (bicyclic) bond motifs is 1. The number of halogens is 1. The molecule has 102 valence electrons. The summed E-state index contributed by atoms with van der Waals surface area (Å²) < 4.78 is 7.26. The van der Waals surface area contributed by atoms with Crippen LogP contribution in [-0.2, 0) is 10.3 Å². The number of hydrogen-bond donors (Lipinski definition) is 0. The van der Waals surface area contributed by atoms with Gasteiger partial charge in [-0.25, -0.2) is 4.99 Å². The molecule has 0 N–H and O–H groups in total. The molecule has 0 unspecified atom stereocenters. The van der Waals surface area contributed by atoms with Crippen LogP contribution in [0, 0.1) is 0 Å². The molecule has 0 saturated carbocycles. The molecule has 0 bridgehead atoms. The van der Waals surface area contributed by atoms with Crippen LogP contribution in [-0.4, -0.2) is 5.90 Å². The minimum absolute atomic E-state index is 0.319. The van der Waals surface area contributed by atoms with Crippen molar-refractivity contribution >= 4 is 27.5 Å². The van der Waals surface area contributed by atoms with Crippen LogP contribution < -0.4 is 0 Å². The molecular formula is C17H16BrNO. The molecule has 20 heavy (non-hydrogen) atoms. The van der Waals surface area contributed by atoms with Gasteiger partial charge in [-0.3, -0.25) is 0 Å². The third-order valence-electron chi connectivity index (χ3n) is 3.78. The van der Waals surface area contributed by atoms with Gasteiger partial charge in [-0.05, 0) is 43.7 Å². The van der Waals surface area contributed by atoms with Gasteiger partial charge in [0.05, 0.1) is 5.69 Å². The minimum atomic E-state index is -0.319. The molecule has 0 aromatic heterocycles. The highest BCUT2D eigenvalue weighted by atomic mass is 79.9. The van der Waals surface area contributed by atoms with E-state index in [4.69, 9.17) is 4.74 Å². The van der Waals surface area contributed by atoms with Crippen LogP contribution in [0.3, 0.4) is 0 Å². The summed E-state index contributed by atoms with van der Waals surface area (Å²) in [4.78, 5) is 4.67. The van der Waals surface area contributed by atoms with Crippen molar-refractivity contribution in [1.82, 2.24) is 0 Å². The smallest absolute Gasteiger partial charge is 0.222 e. The van der Waals surface area contributed by atoms with Gasteiger partial charge in [0.1, 0.15) is 5.60 Å². The molecule has 1 heterocycles. The number of hydrogen-bond acceptors (Lipinski definition) is 2. The summed E-state index contributed by atoms with van der Waals surface area (Å²) in [7, 11) is 0. The Hall–Kier alpha value is -1.61. The molecule has 0 saturated heterocycles. The SMILES string of the molecule is CC[C@@]1(C)OC(c2ccc(Br)cc2)=Nc2ccccc21. The maximum absolute atomic E-state index is 6.21. The van der Waals surface area contributed by atoms with Gasteiger partial charge in [0.15, 0.2) is 0 Å². The van der Waals surface area contributed by atoms with Gasteiger partial charge in [0.25, 0.3) is 0 Å². The van der Waals surface area contributed by atoms with Crippen molar-refractivity contribution in [2.45, 2.75) is 25.9 Å². The van der Waals surface area contributed by atoms with Crippen molar-refractivity contribution in [3.63, 3.8) is 0 Å². The molecule has 0 fully saturated rings. The molecule has 2 aromatic rings. The number of benzene rings is 2. The Morgan fingerprint density at radius 2 is 1.80 bits per heavy atom. The highest BCUT2D eigenvalue weighted by Gasteiger charge is 2.34. The topological polar surface area (TPSA) is 21.6 Å². The third-order valence-corrected chi connectivity index (χ3v) is 4.31. The molecule has 0 amide bonds. The van der Waals surface area contributed by atoms with Crippen LogP contribution in [0.1, 0.15) is 31.4 Å². The van der Waals surface area contributed by atoms with E-state index < -0.39 is 0 Å². The number of aliphatic imine (C=N–C) groups is 1. The van der Waals surface area contributed by atoms with E-state index in [-0.39, 0.29) is 5.60 Å². The van der Waals surface area contributed by atoms with Gasteiger partial charge >= 0.3 is 0 Å². The van der Waals surface area contributed by atoms with Crippen molar-refractivity contribution < 1.29 is 4.74 Å². The highest BCUT2D eigenvalue weighted by molar-refractivity contribution is 9.10. The summed E-state index contributed by atoms with van der Waals surface area (Å²) >= 11 is 3.45.